The highest BCUT2D eigenvalue weighted by Crippen LogP contribution is 2.24. The molecule has 114 valence electrons. The summed E-state index contributed by atoms with van der Waals surface area (Å²) >= 11 is 0. The molecule has 1 atom stereocenters. The average Bonchev–Trinajstić information content (AvgIpc) is 3.09. The van der Waals surface area contributed by atoms with Crippen LogP contribution in [0.5, 0.6) is 0 Å². The Hall–Kier alpha value is -1.39. The molecule has 1 saturated carbocycles. The largest absolute Gasteiger partial charge is 0.338 e. The van der Waals surface area contributed by atoms with Gasteiger partial charge in [-0.1, -0.05) is 43.2 Å². The highest BCUT2D eigenvalue weighted by Gasteiger charge is 2.29. The second-order valence-electron chi connectivity index (χ2n) is 6.19. The van der Waals surface area contributed by atoms with Gasteiger partial charge in [0.05, 0.1) is 0 Å². The summed E-state index contributed by atoms with van der Waals surface area (Å²) in [6.45, 7) is 3.63. The normalized spacial score (nSPS) is 22.4. The number of carbonyl (C=O) groups is 1. The van der Waals surface area contributed by atoms with E-state index in [0.29, 0.717) is 0 Å². The lowest BCUT2D eigenvalue weighted by Gasteiger charge is -2.38. The van der Waals surface area contributed by atoms with E-state index in [-0.39, 0.29) is 5.91 Å². The van der Waals surface area contributed by atoms with Crippen molar-refractivity contribution in [1.82, 2.24) is 9.80 Å². The molecule has 3 rings (SSSR count). The number of hydrogen-bond acceptors (Lipinski definition) is 3. The summed E-state index contributed by atoms with van der Waals surface area (Å²) < 4.78 is 0. The molecule has 1 aromatic carbocycles. The minimum Gasteiger partial charge on any atom is -0.338 e. The molecular formula is C17H25N3O. The van der Waals surface area contributed by atoms with E-state index in [2.05, 4.69) is 4.90 Å². The lowest BCUT2D eigenvalue weighted by Crippen LogP contribution is -2.53. The topological polar surface area (TPSA) is 49.6 Å². The molecule has 1 aliphatic carbocycles. The quantitative estimate of drug-likeness (QED) is 0.922. The van der Waals surface area contributed by atoms with Crippen LogP contribution < -0.4 is 5.73 Å². The summed E-state index contributed by atoms with van der Waals surface area (Å²) in [6, 6.07) is 9.89. The molecule has 0 radical (unpaired) electrons. The van der Waals surface area contributed by atoms with Crippen LogP contribution in [0.15, 0.2) is 30.3 Å². The van der Waals surface area contributed by atoms with Gasteiger partial charge in [-0.05, 0) is 18.4 Å². The number of benzene rings is 1. The second-order valence-corrected chi connectivity index (χ2v) is 6.19. The summed E-state index contributed by atoms with van der Waals surface area (Å²) in [4.78, 5) is 17.0. The van der Waals surface area contributed by atoms with Crippen LogP contribution in [0.25, 0.3) is 0 Å². The zero-order valence-corrected chi connectivity index (χ0v) is 12.6. The predicted molar refractivity (Wildman–Crippen MR) is 83.8 cm³/mol. The fourth-order valence-electron chi connectivity index (χ4n) is 3.58. The Morgan fingerprint density at radius 3 is 2.29 bits per heavy atom. The van der Waals surface area contributed by atoms with Crippen LogP contribution in [-0.2, 0) is 4.79 Å². The third-order valence-corrected chi connectivity index (χ3v) is 4.89. The minimum atomic E-state index is -0.524. The van der Waals surface area contributed by atoms with Crippen LogP contribution in [0.1, 0.15) is 37.3 Å². The first-order valence-corrected chi connectivity index (χ1v) is 8.09. The van der Waals surface area contributed by atoms with Crippen molar-refractivity contribution in [3.63, 3.8) is 0 Å². The lowest BCUT2D eigenvalue weighted by atomic mass is 10.1. The van der Waals surface area contributed by atoms with Gasteiger partial charge in [0.15, 0.2) is 0 Å². The zero-order valence-electron chi connectivity index (χ0n) is 12.6. The van der Waals surface area contributed by atoms with E-state index in [1.54, 1.807) is 0 Å². The third-order valence-electron chi connectivity index (χ3n) is 4.89. The van der Waals surface area contributed by atoms with Gasteiger partial charge in [-0.2, -0.15) is 0 Å². The molecule has 2 fully saturated rings. The monoisotopic (exact) mass is 287 g/mol. The Morgan fingerprint density at radius 1 is 1.05 bits per heavy atom. The predicted octanol–water partition coefficient (Wildman–Crippen LogP) is 1.77. The van der Waals surface area contributed by atoms with Crippen molar-refractivity contribution in [3.05, 3.63) is 35.9 Å². The molecule has 1 amide bonds. The number of nitrogens with zero attached hydrogens (tertiary/aromatic N) is 2. The van der Waals surface area contributed by atoms with Crippen molar-refractivity contribution in [3.8, 4) is 0 Å². The maximum Gasteiger partial charge on any atom is 0.244 e. The standard InChI is InChI=1S/C17H25N3O/c18-16(14-6-2-1-3-7-14)17(21)20-12-10-19(11-13-20)15-8-4-5-9-15/h1-3,6-7,15-16H,4-5,8-13,18H2. The Bertz CT molecular complexity index is 462. The summed E-state index contributed by atoms with van der Waals surface area (Å²) in [5, 5.41) is 0. The summed E-state index contributed by atoms with van der Waals surface area (Å²) in [5.41, 5.74) is 7.02. The number of piperazine rings is 1. The van der Waals surface area contributed by atoms with Gasteiger partial charge in [0.1, 0.15) is 6.04 Å². The number of carbonyl (C=O) groups excluding carboxylic acids is 1. The van der Waals surface area contributed by atoms with Crippen molar-refractivity contribution in [2.45, 2.75) is 37.8 Å². The molecule has 0 bridgehead atoms. The smallest absolute Gasteiger partial charge is 0.244 e. The van der Waals surface area contributed by atoms with Gasteiger partial charge in [0.2, 0.25) is 5.91 Å². The van der Waals surface area contributed by atoms with Crippen LogP contribution >= 0.6 is 0 Å². The van der Waals surface area contributed by atoms with E-state index in [1.807, 2.05) is 35.2 Å². The Morgan fingerprint density at radius 2 is 1.67 bits per heavy atom. The SMILES string of the molecule is NC(C(=O)N1CCN(C2CCCC2)CC1)c1ccccc1. The van der Waals surface area contributed by atoms with Gasteiger partial charge >= 0.3 is 0 Å². The molecule has 1 saturated heterocycles. The Labute approximate surface area is 126 Å². The molecule has 4 nitrogen and oxygen atoms in total. The van der Waals surface area contributed by atoms with Crippen LogP contribution in [0.3, 0.4) is 0 Å². The first-order chi connectivity index (χ1) is 10.3. The van der Waals surface area contributed by atoms with Crippen LogP contribution in [-0.4, -0.2) is 47.9 Å². The van der Waals surface area contributed by atoms with Gasteiger partial charge in [0.25, 0.3) is 0 Å². The Balaban J connectivity index is 1.55. The van der Waals surface area contributed by atoms with E-state index in [1.165, 1.54) is 25.7 Å². The fourth-order valence-corrected chi connectivity index (χ4v) is 3.58. The first kappa shape index (κ1) is 14.5. The first-order valence-electron chi connectivity index (χ1n) is 8.09. The number of amides is 1. The molecule has 2 N–H and O–H groups in total. The van der Waals surface area contributed by atoms with Gasteiger partial charge in [-0.15, -0.1) is 0 Å². The highest BCUT2D eigenvalue weighted by molar-refractivity contribution is 5.83. The molecule has 1 aromatic rings. The molecule has 0 spiro atoms. The molecule has 0 aromatic heterocycles. The van der Waals surface area contributed by atoms with Crippen molar-refractivity contribution >= 4 is 5.91 Å². The second kappa shape index (κ2) is 6.58. The van der Waals surface area contributed by atoms with E-state index in [0.717, 1.165) is 37.8 Å². The fraction of sp³-hybridized carbons (Fsp3) is 0.588. The van der Waals surface area contributed by atoms with Crippen LogP contribution in [0, 0.1) is 0 Å². The molecule has 1 aliphatic heterocycles. The van der Waals surface area contributed by atoms with E-state index < -0.39 is 6.04 Å². The van der Waals surface area contributed by atoms with Crippen molar-refractivity contribution < 1.29 is 4.79 Å². The molecular weight excluding hydrogens is 262 g/mol. The molecule has 2 aliphatic rings. The van der Waals surface area contributed by atoms with Crippen molar-refractivity contribution in [2.24, 2.45) is 5.73 Å². The molecule has 4 heteroatoms. The van der Waals surface area contributed by atoms with Gasteiger partial charge in [-0.25, -0.2) is 0 Å². The summed E-state index contributed by atoms with van der Waals surface area (Å²) in [6.07, 6.45) is 5.39. The molecule has 1 unspecified atom stereocenters. The van der Waals surface area contributed by atoms with E-state index in [9.17, 15) is 4.79 Å². The van der Waals surface area contributed by atoms with E-state index in [4.69, 9.17) is 5.73 Å². The van der Waals surface area contributed by atoms with Gasteiger partial charge in [-0.3, -0.25) is 9.69 Å². The van der Waals surface area contributed by atoms with Gasteiger partial charge < -0.3 is 10.6 Å². The number of hydrogen-bond donors (Lipinski definition) is 1. The maximum absolute atomic E-state index is 12.5. The maximum atomic E-state index is 12.5. The average molecular weight is 287 g/mol. The summed E-state index contributed by atoms with van der Waals surface area (Å²) in [5.74, 6) is 0.0623. The Kier molecular flexibility index (Phi) is 4.56. The van der Waals surface area contributed by atoms with E-state index >= 15 is 0 Å². The van der Waals surface area contributed by atoms with Crippen molar-refractivity contribution in [1.29, 1.82) is 0 Å². The molecule has 1 heterocycles. The van der Waals surface area contributed by atoms with Crippen LogP contribution in [0.4, 0.5) is 0 Å². The van der Waals surface area contributed by atoms with Crippen LogP contribution in [0.2, 0.25) is 0 Å². The lowest BCUT2D eigenvalue weighted by molar-refractivity contribution is -0.134. The molecule has 21 heavy (non-hydrogen) atoms. The third kappa shape index (κ3) is 3.27. The van der Waals surface area contributed by atoms with Crippen molar-refractivity contribution in [2.75, 3.05) is 26.2 Å². The minimum absolute atomic E-state index is 0.0623. The summed E-state index contributed by atoms with van der Waals surface area (Å²) in [7, 11) is 0. The number of nitrogens with two attached hydrogens (primary N) is 1. The number of rotatable bonds is 3. The highest BCUT2D eigenvalue weighted by atomic mass is 16.2. The van der Waals surface area contributed by atoms with Gasteiger partial charge in [0, 0.05) is 32.2 Å². The zero-order chi connectivity index (χ0) is 14.7.